The van der Waals surface area contributed by atoms with Gasteiger partial charge in [-0.3, -0.25) is 4.79 Å². The molecule has 2 atom stereocenters. The molecule has 0 saturated carbocycles. The van der Waals surface area contributed by atoms with Gasteiger partial charge in [0.1, 0.15) is 11.9 Å². The fourth-order valence-electron chi connectivity index (χ4n) is 2.72. The summed E-state index contributed by atoms with van der Waals surface area (Å²) in [7, 11) is 1.62. The van der Waals surface area contributed by atoms with Crippen molar-refractivity contribution in [2.45, 2.75) is 18.5 Å². The first-order valence-electron chi connectivity index (χ1n) is 6.97. The van der Waals surface area contributed by atoms with Crippen LogP contribution < -0.4 is 5.43 Å². The van der Waals surface area contributed by atoms with Crippen LogP contribution in [0.15, 0.2) is 36.7 Å². The van der Waals surface area contributed by atoms with Gasteiger partial charge in [-0.05, 0) is 24.1 Å². The predicted molar refractivity (Wildman–Crippen MR) is 75.2 cm³/mol. The molecule has 5 nitrogen and oxygen atoms in total. The van der Waals surface area contributed by atoms with E-state index in [9.17, 15) is 9.18 Å². The zero-order valence-corrected chi connectivity index (χ0v) is 11.8. The third-order valence-electron chi connectivity index (χ3n) is 3.88. The van der Waals surface area contributed by atoms with Crippen molar-refractivity contribution < 1.29 is 13.9 Å². The number of hydrazine groups is 1. The minimum absolute atomic E-state index is 0.0200. The third kappa shape index (κ3) is 2.77. The molecule has 1 fully saturated rings. The van der Waals surface area contributed by atoms with Crippen molar-refractivity contribution in [2.24, 2.45) is 0 Å². The predicted octanol–water partition coefficient (Wildman–Crippen LogP) is 1.41. The standard InChI is InChI=1S/C15H18FN3O2/c1-21-9-8-18-6-7-19-14(15(18)20)10-13(17-19)11-2-4-12(16)5-3-11/h2-7,13-14,17H,8-10H2,1H3. The van der Waals surface area contributed by atoms with E-state index in [4.69, 9.17) is 4.74 Å². The summed E-state index contributed by atoms with van der Waals surface area (Å²) in [4.78, 5) is 14.1. The zero-order valence-electron chi connectivity index (χ0n) is 11.8. The molecule has 21 heavy (non-hydrogen) atoms. The number of benzene rings is 1. The van der Waals surface area contributed by atoms with Crippen LogP contribution in [0.2, 0.25) is 0 Å². The van der Waals surface area contributed by atoms with Gasteiger partial charge in [-0.25, -0.2) is 9.82 Å². The third-order valence-corrected chi connectivity index (χ3v) is 3.88. The number of hydrogen-bond acceptors (Lipinski definition) is 4. The zero-order chi connectivity index (χ0) is 14.8. The Bertz CT molecular complexity index is 546. The number of amides is 1. The van der Waals surface area contributed by atoms with Gasteiger partial charge in [-0.2, -0.15) is 0 Å². The maximum Gasteiger partial charge on any atom is 0.251 e. The number of ether oxygens (including phenoxy) is 1. The van der Waals surface area contributed by atoms with Crippen LogP contribution in [0, 0.1) is 5.82 Å². The molecule has 0 bridgehead atoms. The lowest BCUT2D eigenvalue weighted by Crippen LogP contribution is -2.48. The fraction of sp³-hybridized carbons (Fsp3) is 0.400. The van der Waals surface area contributed by atoms with Gasteiger partial charge in [-0.1, -0.05) is 12.1 Å². The summed E-state index contributed by atoms with van der Waals surface area (Å²) in [5, 5.41) is 1.83. The van der Waals surface area contributed by atoms with E-state index in [2.05, 4.69) is 5.43 Å². The highest BCUT2D eigenvalue weighted by molar-refractivity contribution is 5.84. The van der Waals surface area contributed by atoms with E-state index in [1.165, 1.54) is 12.1 Å². The molecule has 3 rings (SSSR count). The lowest BCUT2D eigenvalue weighted by atomic mass is 10.0. The van der Waals surface area contributed by atoms with Crippen molar-refractivity contribution in [3.8, 4) is 0 Å². The van der Waals surface area contributed by atoms with Crippen molar-refractivity contribution in [3.63, 3.8) is 0 Å². The summed E-state index contributed by atoms with van der Waals surface area (Å²) < 4.78 is 18.0. The van der Waals surface area contributed by atoms with Gasteiger partial charge >= 0.3 is 0 Å². The average Bonchev–Trinajstić information content (AvgIpc) is 2.92. The molecule has 2 heterocycles. The Morgan fingerprint density at radius 1 is 1.33 bits per heavy atom. The first-order valence-corrected chi connectivity index (χ1v) is 6.97. The number of nitrogens with one attached hydrogen (secondary N) is 1. The molecule has 0 radical (unpaired) electrons. The van der Waals surface area contributed by atoms with Crippen molar-refractivity contribution in [1.82, 2.24) is 15.3 Å². The molecule has 1 saturated heterocycles. The van der Waals surface area contributed by atoms with Crippen molar-refractivity contribution >= 4 is 5.91 Å². The smallest absolute Gasteiger partial charge is 0.251 e. The lowest BCUT2D eigenvalue weighted by molar-refractivity contribution is -0.134. The second-order valence-electron chi connectivity index (χ2n) is 5.21. The van der Waals surface area contributed by atoms with Crippen LogP contribution in [0.1, 0.15) is 18.0 Å². The summed E-state index contributed by atoms with van der Waals surface area (Å²) >= 11 is 0. The number of halogens is 1. The van der Waals surface area contributed by atoms with Gasteiger partial charge in [0.15, 0.2) is 0 Å². The van der Waals surface area contributed by atoms with E-state index in [0.29, 0.717) is 19.6 Å². The number of fused-ring (bicyclic) bond motifs is 1. The minimum atomic E-state index is -0.254. The molecule has 1 aromatic rings. The molecular weight excluding hydrogens is 273 g/mol. The molecule has 0 aliphatic carbocycles. The van der Waals surface area contributed by atoms with E-state index in [1.54, 1.807) is 30.3 Å². The van der Waals surface area contributed by atoms with Crippen LogP contribution in [0.4, 0.5) is 4.39 Å². The van der Waals surface area contributed by atoms with Gasteiger partial charge in [-0.15, -0.1) is 0 Å². The summed E-state index contributed by atoms with van der Waals surface area (Å²) in [5.74, 6) is -0.192. The highest BCUT2D eigenvalue weighted by Gasteiger charge is 2.39. The number of carbonyl (C=O) groups excluding carboxylic acids is 1. The molecule has 1 N–H and O–H groups in total. The molecule has 1 aromatic carbocycles. The van der Waals surface area contributed by atoms with Crippen molar-refractivity contribution in [1.29, 1.82) is 0 Å². The lowest BCUT2D eigenvalue weighted by Gasteiger charge is -2.31. The van der Waals surface area contributed by atoms with Gasteiger partial charge in [0.2, 0.25) is 0 Å². The molecule has 6 heteroatoms. The molecular formula is C15H18FN3O2. The first kappa shape index (κ1) is 14.0. The van der Waals surface area contributed by atoms with Crippen LogP contribution in [-0.4, -0.2) is 42.1 Å². The molecule has 2 aliphatic heterocycles. The number of rotatable bonds is 4. The maximum atomic E-state index is 13.0. The average molecular weight is 291 g/mol. The normalized spacial score (nSPS) is 24.6. The number of carbonyl (C=O) groups is 1. The summed E-state index contributed by atoms with van der Waals surface area (Å²) in [5.41, 5.74) is 4.26. The van der Waals surface area contributed by atoms with E-state index in [-0.39, 0.29) is 23.8 Å². The Morgan fingerprint density at radius 2 is 2.10 bits per heavy atom. The van der Waals surface area contributed by atoms with Gasteiger partial charge < -0.3 is 14.6 Å². The Hall–Kier alpha value is -1.92. The number of nitrogens with zero attached hydrogens (tertiary/aromatic N) is 2. The van der Waals surface area contributed by atoms with Crippen LogP contribution in [0.25, 0.3) is 0 Å². The van der Waals surface area contributed by atoms with Crippen molar-refractivity contribution in [2.75, 3.05) is 20.3 Å². The van der Waals surface area contributed by atoms with Crippen LogP contribution in [-0.2, 0) is 9.53 Å². The van der Waals surface area contributed by atoms with Gasteiger partial charge in [0.25, 0.3) is 5.91 Å². The summed E-state index contributed by atoms with van der Waals surface area (Å²) in [6, 6.07) is 6.19. The fourth-order valence-corrected chi connectivity index (χ4v) is 2.72. The Kier molecular flexibility index (Phi) is 3.90. The monoisotopic (exact) mass is 291 g/mol. The summed E-state index contributed by atoms with van der Waals surface area (Å²) in [6.07, 6.45) is 4.29. The second-order valence-corrected chi connectivity index (χ2v) is 5.21. The number of hydrogen-bond donors (Lipinski definition) is 1. The van der Waals surface area contributed by atoms with Crippen LogP contribution >= 0.6 is 0 Å². The maximum absolute atomic E-state index is 13.0. The van der Waals surface area contributed by atoms with Gasteiger partial charge in [0, 0.05) is 26.1 Å². The second kappa shape index (κ2) is 5.83. The Morgan fingerprint density at radius 3 is 2.81 bits per heavy atom. The molecule has 1 amide bonds. The highest BCUT2D eigenvalue weighted by atomic mass is 19.1. The highest BCUT2D eigenvalue weighted by Crippen LogP contribution is 2.30. The largest absolute Gasteiger partial charge is 0.383 e. The van der Waals surface area contributed by atoms with E-state index in [1.807, 2.05) is 11.2 Å². The topological polar surface area (TPSA) is 44.8 Å². The van der Waals surface area contributed by atoms with E-state index < -0.39 is 0 Å². The minimum Gasteiger partial charge on any atom is -0.383 e. The van der Waals surface area contributed by atoms with E-state index >= 15 is 0 Å². The molecule has 2 unspecified atom stereocenters. The van der Waals surface area contributed by atoms with Crippen LogP contribution in [0.5, 0.6) is 0 Å². The van der Waals surface area contributed by atoms with Crippen molar-refractivity contribution in [3.05, 3.63) is 48.0 Å². The SMILES string of the molecule is COCCN1C=CN2NC(c3ccc(F)cc3)CC2C1=O. The van der Waals surface area contributed by atoms with Crippen LogP contribution in [0.3, 0.4) is 0 Å². The molecule has 0 aromatic heterocycles. The summed E-state index contributed by atoms with van der Waals surface area (Å²) in [6.45, 7) is 1.06. The molecule has 0 spiro atoms. The first-order chi connectivity index (χ1) is 10.2. The molecule has 2 aliphatic rings. The molecule has 112 valence electrons. The number of methoxy groups -OCH3 is 1. The Balaban J connectivity index is 1.71. The van der Waals surface area contributed by atoms with Gasteiger partial charge in [0.05, 0.1) is 12.6 Å². The quantitative estimate of drug-likeness (QED) is 0.911. The Labute approximate surface area is 122 Å². The van der Waals surface area contributed by atoms with E-state index in [0.717, 1.165) is 5.56 Å².